The van der Waals surface area contributed by atoms with Crippen molar-refractivity contribution in [2.24, 2.45) is 0 Å². The third-order valence-corrected chi connectivity index (χ3v) is 13.8. The maximum Gasteiger partial charge on any atom is 0.123 e. The summed E-state index contributed by atoms with van der Waals surface area (Å²) in [6.45, 7) is 13.8. The molecular weight excluding hydrogens is 479 g/mol. The first-order valence-electron chi connectivity index (χ1n) is 14.7. The molecule has 0 atom stereocenters. The SMILES string of the molecule is CC(C)c1cc(C(C)C)c(-c2cccc(Cl)c2P(=O)(C2CCCCC2)C2CCCCC2)c(C(C)C)c1. The highest BCUT2D eigenvalue weighted by atomic mass is 35.5. The second-order valence-electron chi connectivity index (χ2n) is 12.5. The molecule has 2 saturated carbocycles. The van der Waals surface area contributed by atoms with Crippen molar-refractivity contribution >= 4 is 24.0 Å². The number of benzene rings is 2. The van der Waals surface area contributed by atoms with Crippen molar-refractivity contribution in [3.63, 3.8) is 0 Å². The van der Waals surface area contributed by atoms with Crippen LogP contribution in [0.25, 0.3) is 11.1 Å². The molecule has 0 bridgehead atoms. The van der Waals surface area contributed by atoms with Gasteiger partial charge in [0.2, 0.25) is 0 Å². The van der Waals surface area contributed by atoms with Crippen molar-refractivity contribution in [2.75, 3.05) is 0 Å². The highest BCUT2D eigenvalue weighted by Gasteiger charge is 2.45. The number of rotatable bonds is 7. The Balaban J connectivity index is 2.04. The number of halogens is 1. The molecule has 0 N–H and O–H groups in total. The zero-order valence-corrected chi connectivity index (χ0v) is 25.2. The van der Waals surface area contributed by atoms with Crippen LogP contribution in [0.1, 0.15) is 140 Å². The first kappa shape index (κ1) is 28.0. The van der Waals surface area contributed by atoms with Gasteiger partial charge in [-0.15, -0.1) is 0 Å². The first-order chi connectivity index (χ1) is 17.2. The van der Waals surface area contributed by atoms with Crippen molar-refractivity contribution in [2.45, 2.75) is 135 Å². The molecule has 36 heavy (non-hydrogen) atoms. The van der Waals surface area contributed by atoms with Crippen molar-refractivity contribution in [3.05, 3.63) is 52.0 Å². The van der Waals surface area contributed by atoms with E-state index in [2.05, 4.69) is 65.8 Å². The van der Waals surface area contributed by atoms with Crippen LogP contribution in [0.5, 0.6) is 0 Å². The molecule has 2 aromatic rings. The van der Waals surface area contributed by atoms with Gasteiger partial charge in [0.25, 0.3) is 0 Å². The maximum atomic E-state index is 15.8. The minimum Gasteiger partial charge on any atom is -0.318 e. The van der Waals surface area contributed by atoms with E-state index in [9.17, 15) is 0 Å². The van der Waals surface area contributed by atoms with Crippen LogP contribution >= 0.6 is 18.7 Å². The van der Waals surface area contributed by atoms with Gasteiger partial charge in [0.05, 0.1) is 5.02 Å². The van der Waals surface area contributed by atoms with Crippen LogP contribution in [0, 0.1) is 0 Å². The lowest BCUT2D eigenvalue weighted by Crippen LogP contribution is -2.31. The van der Waals surface area contributed by atoms with Crippen molar-refractivity contribution in [3.8, 4) is 11.1 Å². The molecule has 0 heterocycles. The minimum atomic E-state index is -2.73. The van der Waals surface area contributed by atoms with E-state index in [1.54, 1.807) is 0 Å². The van der Waals surface area contributed by atoms with Gasteiger partial charge in [-0.3, -0.25) is 0 Å². The van der Waals surface area contributed by atoms with E-state index in [1.807, 2.05) is 6.07 Å². The van der Waals surface area contributed by atoms with Gasteiger partial charge in [-0.1, -0.05) is 116 Å². The predicted molar refractivity (Wildman–Crippen MR) is 160 cm³/mol. The van der Waals surface area contributed by atoms with Gasteiger partial charge >= 0.3 is 0 Å². The summed E-state index contributed by atoms with van der Waals surface area (Å²) in [5.41, 5.74) is 7.22. The molecule has 2 fully saturated rings. The highest BCUT2D eigenvalue weighted by Crippen LogP contribution is 2.64. The van der Waals surface area contributed by atoms with Crippen LogP contribution < -0.4 is 5.30 Å². The van der Waals surface area contributed by atoms with Gasteiger partial charge in [0, 0.05) is 16.6 Å². The van der Waals surface area contributed by atoms with E-state index in [-0.39, 0.29) is 11.3 Å². The molecule has 0 spiro atoms. The summed E-state index contributed by atoms with van der Waals surface area (Å²) in [4.78, 5) is 0. The molecule has 198 valence electrons. The number of hydrogen-bond acceptors (Lipinski definition) is 1. The van der Waals surface area contributed by atoms with Crippen molar-refractivity contribution in [1.82, 2.24) is 0 Å². The van der Waals surface area contributed by atoms with E-state index in [1.165, 1.54) is 66.3 Å². The average Bonchev–Trinajstić information content (AvgIpc) is 2.88. The monoisotopic (exact) mass is 526 g/mol. The van der Waals surface area contributed by atoms with Crippen LogP contribution in [0.4, 0.5) is 0 Å². The smallest absolute Gasteiger partial charge is 0.123 e. The fourth-order valence-corrected chi connectivity index (χ4v) is 12.1. The second kappa shape index (κ2) is 11.8. The van der Waals surface area contributed by atoms with E-state index < -0.39 is 7.14 Å². The Kier molecular flexibility index (Phi) is 9.16. The van der Waals surface area contributed by atoms with Gasteiger partial charge in [0.1, 0.15) is 7.14 Å². The van der Waals surface area contributed by atoms with Gasteiger partial charge in [0.15, 0.2) is 0 Å². The quantitative estimate of drug-likeness (QED) is 0.328. The first-order valence-corrected chi connectivity index (χ1v) is 16.9. The molecule has 2 aromatic carbocycles. The molecule has 2 aliphatic rings. The Morgan fingerprint density at radius 3 is 1.61 bits per heavy atom. The molecular formula is C33H48ClOP. The van der Waals surface area contributed by atoms with Crippen LogP contribution in [0.2, 0.25) is 5.02 Å². The van der Waals surface area contributed by atoms with Gasteiger partial charge < -0.3 is 4.57 Å². The summed E-state index contributed by atoms with van der Waals surface area (Å²) in [7, 11) is -2.73. The molecule has 0 amide bonds. The lowest BCUT2D eigenvalue weighted by molar-refractivity contribution is 0.453. The van der Waals surface area contributed by atoms with Gasteiger partial charge in [-0.25, -0.2) is 0 Å². The van der Waals surface area contributed by atoms with Crippen LogP contribution in [-0.4, -0.2) is 11.3 Å². The molecule has 0 aliphatic heterocycles. The Hall–Kier alpha value is -1.04. The molecule has 0 aromatic heterocycles. The van der Waals surface area contributed by atoms with Crippen LogP contribution in [-0.2, 0) is 4.57 Å². The lowest BCUT2D eigenvalue weighted by atomic mass is 9.82. The molecule has 0 radical (unpaired) electrons. The number of hydrogen-bond donors (Lipinski definition) is 0. The van der Waals surface area contributed by atoms with Crippen LogP contribution in [0.3, 0.4) is 0 Å². The summed E-state index contributed by atoms with van der Waals surface area (Å²) in [5.74, 6) is 1.24. The topological polar surface area (TPSA) is 17.1 Å². The Morgan fingerprint density at radius 1 is 0.722 bits per heavy atom. The zero-order chi connectivity index (χ0) is 26.0. The third-order valence-electron chi connectivity index (χ3n) is 8.97. The van der Waals surface area contributed by atoms with E-state index in [4.69, 9.17) is 11.6 Å². The molecule has 1 nitrogen and oxygen atoms in total. The predicted octanol–water partition coefficient (Wildman–Crippen LogP) is 11.0. The fourth-order valence-electron chi connectivity index (χ4n) is 6.93. The zero-order valence-electron chi connectivity index (χ0n) is 23.6. The normalized spacial score (nSPS) is 18.5. The maximum absolute atomic E-state index is 15.8. The Morgan fingerprint density at radius 2 is 1.19 bits per heavy atom. The summed E-state index contributed by atoms with van der Waals surface area (Å²) < 4.78 is 15.8. The van der Waals surface area contributed by atoms with Crippen LogP contribution in [0.15, 0.2) is 30.3 Å². The van der Waals surface area contributed by atoms with Crippen molar-refractivity contribution in [1.29, 1.82) is 0 Å². The fraction of sp³-hybridized carbons (Fsp3) is 0.636. The summed E-state index contributed by atoms with van der Waals surface area (Å²) >= 11 is 7.18. The molecule has 3 heteroatoms. The van der Waals surface area contributed by atoms with E-state index in [0.29, 0.717) is 17.8 Å². The van der Waals surface area contributed by atoms with E-state index >= 15 is 4.57 Å². The molecule has 0 unspecified atom stereocenters. The second-order valence-corrected chi connectivity index (χ2v) is 16.2. The molecule has 0 saturated heterocycles. The summed E-state index contributed by atoms with van der Waals surface area (Å²) in [6, 6.07) is 11.2. The Labute approximate surface area is 226 Å². The standard InChI is InChI=1S/C33H48ClOP/c1-22(2)25-20-29(23(3)4)32(30(21-25)24(5)6)28-18-13-19-31(34)33(28)36(35,26-14-9-7-10-15-26)27-16-11-8-12-17-27/h13,18-24,26-27H,7-12,14-17H2,1-6H3. The third kappa shape index (κ3) is 5.40. The highest BCUT2D eigenvalue weighted by molar-refractivity contribution is 7.73. The lowest BCUT2D eigenvalue weighted by Gasteiger charge is -2.40. The molecule has 4 rings (SSSR count). The van der Waals surface area contributed by atoms with E-state index in [0.717, 1.165) is 36.0 Å². The van der Waals surface area contributed by atoms with Gasteiger partial charge in [-0.05, 0) is 77.3 Å². The Bertz CT molecular complexity index is 1040. The minimum absolute atomic E-state index is 0.285. The molecule has 2 aliphatic carbocycles. The summed E-state index contributed by atoms with van der Waals surface area (Å²) in [5, 5.41) is 1.77. The van der Waals surface area contributed by atoms with Crippen molar-refractivity contribution < 1.29 is 4.57 Å². The average molecular weight is 527 g/mol. The van der Waals surface area contributed by atoms with Gasteiger partial charge in [-0.2, -0.15) is 0 Å². The summed E-state index contributed by atoms with van der Waals surface area (Å²) in [6.07, 6.45) is 11.8. The largest absolute Gasteiger partial charge is 0.318 e.